The third-order valence-electron chi connectivity index (χ3n) is 5.97. The van der Waals surface area contributed by atoms with Gasteiger partial charge in [-0.05, 0) is 25.0 Å². The summed E-state index contributed by atoms with van der Waals surface area (Å²) in [6.07, 6.45) is 1.30. The standard InChI is InChI=1S/C25H32N4O3S/c1-4-7-29(14-19(30)13-28-8-10-32-11-9-28)15-22-26-24(31)23-21(16-33-25(23)27-22)20-6-5-17(2)12-18(20)3/h4-6,12,16,19,30H,1,7-11,13-15H2,2-3H3,(H,26,27,31). The zero-order chi connectivity index (χ0) is 23.4. The second kappa shape index (κ2) is 10.7. The summed E-state index contributed by atoms with van der Waals surface area (Å²) >= 11 is 1.49. The van der Waals surface area contributed by atoms with Gasteiger partial charge >= 0.3 is 0 Å². The van der Waals surface area contributed by atoms with Gasteiger partial charge in [0.2, 0.25) is 0 Å². The summed E-state index contributed by atoms with van der Waals surface area (Å²) in [5.41, 5.74) is 4.20. The smallest absolute Gasteiger partial charge is 0.260 e. The highest BCUT2D eigenvalue weighted by molar-refractivity contribution is 7.17. The Kier molecular flexibility index (Phi) is 7.72. The summed E-state index contributed by atoms with van der Waals surface area (Å²) in [4.78, 5) is 25.8. The number of aromatic nitrogens is 2. The Bertz CT molecular complexity index is 1170. The lowest BCUT2D eigenvalue weighted by Gasteiger charge is -2.30. The molecule has 1 saturated heterocycles. The van der Waals surface area contributed by atoms with Gasteiger partial charge in [0, 0.05) is 43.7 Å². The van der Waals surface area contributed by atoms with Crippen LogP contribution in [0.25, 0.3) is 21.3 Å². The van der Waals surface area contributed by atoms with E-state index in [1.807, 2.05) is 11.5 Å². The normalized spacial score (nSPS) is 15.9. The van der Waals surface area contributed by atoms with Crippen molar-refractivity contribution in [2.75, 3.05) is 45.9 Å². The number of nitrogens with zero attached hydrogens (tertiary/aromatic N) is 3. The number of hydrogen-bond donors (Lipinski definition) is 2. The number of aromatic amines is 1. The third-order valence-corrected chi connectivity index (χ3v) is 6.84. The summed E-state index contributed by atoms with van der Waals surface area (Å²) in [5.74, 6) is 0.599. The fourth-order valence-electron chi connectivity index (χ4n) is 4.42. The largest absolute Gasteiger partial charge is 0.390 e. The Balaban J connectivity index is 1.52. The maximum absolute atomic E-state index is 13.1. The molecular weight excluding hydrogens is 436 g/mol. The number of nitrogens with one attached hydrogen (secondary N) is 1. The maximum Gasteiger partial charge on any atom is 0.260 e. The Morgan fingerprint density at radius 2 is 2.12 bits per heavy atom. The second-order valence-corrected chi connectivity index (χ2v) is 9.57. The van der Waals surface area contributed by atoms with Gasteiger partial charge in [-0.15, -0.1) is 17.9 Å². The number of rotatable bonds is 9. The van der Waals surface area contributed by atoms with Gasteiger partial charge in [0.15, 0.2) is 0 Å². The van der Waals surface area contributed by atoms with Crippen molar-refractivity contribution < 1.29 is 9.84 Å². The maximum atomic E-state index is 13.1. The minimum atomic E-state index is -0.503. The highest BCUT2D eigenvalue weighted by Gasteiger charge is 2.19. The van der Waals surface area contributed by atoms with E-state index in [4.69, 9.17) is 9.72 Å². The quantitative estimate of drug-likeness (QED) is 0.470. The van der Waals surface area contributed by atoms with Crippen LogP contribution in [0.4, 0.5) is 0 Å². The van der Waals surface area contributed by atoms with Gasteiger partial charge in [-0.2, -0.15) is 0 Å². The van der Waals surface area contributed by atoms with Crippen LogP contribution in [-0.2, 0) is 11.3 Å². The van der Waals surface area contributed by atoms with Crippen LogP contribution >= 0.6 is 11.3 Å². The van der Waals surface area contributed by atoms with E-state index in [9.17, 15) is 9.90 Å². The molecule has 2 aromatic heterocycles. The lowest BCUT2D eigenvalue weighted by atomic mass is 9.99. The fraction of sp³-hybridized carbons (Fsp3) is 0.440. The molecule has 1 aromatic carbocycles. The summed E-state index contributed by atoms with van der Waals surface area (Å²) in [6, 6.07) is 6.27. The molecule has 1 fully saturated rings. The molecule has 3 aromatic rings. The molecule has 7 nitrogen and oxygen atoms in total. The van der Waals surface area contributed by atoms with Gasteiger partial charge < -0.3 is 14.8 Å². The number of β-amino-alcohol motifs (C(OH)–C–C–N with tert-alkyl or cyclic N) is 1. The molecule has 2 N–H and O–H groups in total. The first kappa shape index (κ1) is 23.8. The highest BCUT2D eigenvalue weighted by atomic mass is 32.1. The van der Waals surface area contributed by atoms with Crippen LogP contribution in [0.15, 0.2) is 41.0 Å². The van der Waals surface area contributed by atoms with E-state index in [0.29, 0.717) is 50.6 Å². The Morgan fingerprint density at radius 3 is 2.85 bits per heavy atom. The molecule has 1 aliphatic rings. The summed E-state index contributed by atoms with van der Waals surface area (Å²) < 4.78 is 5.38. The van der Waals surface area contributed by atoms with Crippen molar-refractivity contribution in [2.45, 2.75) is 26.5 Å². The molecule has 0 aliphatic carbocycles. The lowest BCUT2D eigenvalue weighted by Crippen LogP contribution is -2.44. The molecule has 1 aliphatic heterocycles. The monoisotopic (exact) mass is 468 g/mol. The van der Waals surface area contributed by atoms with Crippen LogP contribution in [-0.4, -0.2) is 76.9 Å². The third kappa shape index (κ3) is 5.77. The molecule has 1 unspecified atom stereocenters. The van der Waals surface area contributed by atoms with E-state index in [2.05, 4.69) is 53.4 Å². The zero-order valence-electron chi connectivity index (χ0n) is 19.3. The van der Waals surface area contributed by atoms with Crippen molar-refractivity contribution in [3.05, 3.63) is 63.5 Å². The van der Waals surface area contributed by atoms with Gasteiger partial charge in [0.05, 0.1) is 31.2 Å². The Morgan fingerprint density at radius 1 is 1.33 bits per heavy atom. The van der Waals surface area contributed by atoms with E-state index in [1.165, 1.54) is 16.9 Å². The molecule has 0 bridgehead atoms. The lowest BCUT2D eigenvalue weighted by molar-refractivity contribution is 0.00703. The average molecular weight is 469 g/mol. The van der Waals surface area contributed by atoms with E-state index in [0.717, 1.165) is 34.6 Å². The first-order valence-electron chi connectivity index (χ1n) is 11.3. The van der Waals surface area contributed by atoms with Gasteiger partial charge in [-0.25, -0.2) is 4.98 Å². The van der Waals surface area contributed by atoms with E-state index >= 15 is 0 Å². The van der Waals surface area contributed by atoms with Gasteiger partial charge in [0.25, 0.3) is 5.56 Å². The molecular formula is C25H32N4O3S. The summed E-state index contributed by atoms with van der Waals surface area (Å²) in [7, 11) is 0. The number of ether oxygens (including phenoxy) is 1. The van der Waals surface area contributed by atoms with Crippen LogP contribution in [0.2, 0.25) is 0 Å². The first-order valence-corrected chi connectivity index (χ1v) is 12.2. The molecule has 0 saturated carbocycles. The number of H-pyrrole nitrogens is 1. The first-order chi connectivity index (χ1) is 15.9. The van der Waals surface area contributed by atoms with Gasteiger partial charge in [-0.1, -0.05) is 29.8 Å². The summed E-state index contributed by atoms with van der Waals surface area (Å²) in [5, 5.41) is 13.3. The molecule has 176 valence electrons. The molecule has 33 heavy (non-hydrogen) atoms. The number of morpholine rings is 1. The van der Waals surface area contributed by atoms with Crippen molar-refractivity contribution >= 4 is 21.6 Å². The van der Waals surface area contributed by atoms with Crippen molar-refractivity contribution in [3.63, 3.8) is 0 Å². The number of fused-ring (bicyclic) bond motifs is 1. The predicted molar refractivity (Wildman–Crippen MR) is 134 cm³/mol. The molecule has 0 spiro atoms. The van der Waals surface area contributed by atoms with E-state index in [1.54, 1.807) is 0 Å². The summed E-state index contributed by atoms with van der Waals surface area (Å²) in [6.45, 7) is 13.2. The van der Waals surface area contributed by atoms with Crippen LogP contribution in [0.1, 0.15) is 17.0 Å². The fourth-order valence-corrected chi connectivity index (χ4v) is 5.38. The SMILES string of the molecule is C=CCN(Cc1nc2scc(-c3ccc(C)cc3C)c2c(=O)[nH]1)CC(O)CN1CCOCC1. The number of thiophene rings is 1. The number of benzene rings is 1. The number of aryl methyl sites for hydroxylation is 2. The number of aliphatic hydroxyl groups is 1. The Labute approximate surface area is 198 Å². The van der Waals surface area contributed by atoms with Crippen LogP contribution in [0.3, 0.4) is 0 Å². The average Bonchev–Trinajstić information content (AvgIpc) is 3.19. The van der Waals surface area contributed by atoms with E-state index < -0.39 is 6.10 Å². The molecule has 0 amide bonds. The molecule has 3 heterocycles. The molecule has 8 heteroatoms. The topological polar surface area (TPSA) is 81.7 Å². The molecule has 0 radical (unpaired) electrons. The number of hydrogen-bond acceptors (Lipinski definition) is 7. The molecule has 1 atom stereocenters. The minimum absolute atomic E-state index is 0.126. The van der Waals surface area contributed by atoms with Crippen LogP contribution in [0.5, 0.6) is 0 Å². The van der Waals surface area contributed by atoms with Crippen molar-refractivity contribution in [2.24, 2.45) is 0 Å². The van der Waals surface area contributed by atoms with E-state index in [-0.39, 0.29) is 5.56 Å². The van der Waals surface area contributed by atoms with Crippen LogP contribution < -0.4 is 5.56 Å². The van der Waals surface area contributed by atoms with Crippen molar-refractivity contribution in [3.8, 4) is 11.1 Å². The van der Waals surface area contributed by atoms with Crippen LogP contribution in [0, 0.1) is 13.8 Å². The zero-order valence-corrected chi connectivity index (χ0v) is 20.2. The highest BCUT2D eigenvalue weighted by Crippen LogP contribution is 2.33. The van der Waals surface area contributed by atoms with Gasteiger partial charge in [-0.3, -0.25) is 14.6 Å². The second-order valence-electron chi connectivity index (χ2n) is 8.71. The Hall–Kier alpha value is -2.36. The van der Waals surface area contributed by atoms with Crippen molar-refractivity contribution in [1.82, 2.24) is 19.8 Å². The number of aliphatic hydroxyl groups excluding tert-OH is 1. The van der Waals surface area contributed by atoms with Crippen molar-refractivity contribution in [1.29, 1.82) is 0 Å². The molecule has 4 rings (SSSR count). The van der Waals surface area contributed by atoms with Gasteiger partial charge in [0.1, 0.15) is 10.7 Å². The minimum Gasteiger partial charge on any atom is -0.390 e. The predicted octanol–water partition coefficient (Wildman–Crippen LogP) is 2.95.